The smallest absolute Gasteiger partial charge is 0.134 e. The molecule has 0 radical (unpaired) electrons. The van der Waals surface area contributed by atoms with E-state index in [1.165, 1.54) is 38.5 Å². The summed E-state index contributed by atoms with van der Waals surface area (Å²) in [5.41, 5.74) is 0. The molecule has 0 bridgehead atoms. The Balaban J connectivity index is 1.69. The Labute approximate surface area is 102 Å². The van der Waals surface area contributed by atoms with Gasteiger partial charge in [-0.2, -0.15) is 0 Å². The van der Waals surface area contributed by atoms with E-state index < -0.39 is 0 Å². The topological polar surface area (TPSA) is 41.1 Å². The van der Waals surface area contributed by atoms with Crippen LogP contribution >= 0.6 is 0 Å². The summed E-state index contributed by atoms with van der Waals surface area (Å²) >= 11 is 0. The molecule has 17 heavy (non-hydrogen) atoms. The van der Waals surface area contributed by atoms with Crippen LogP contribution in [0, 0.1) is 0 Å². The molecule has 1 aliphatic carbocycles. The van der Waals surface area contributed by atoms with Crippen molar-refractivity contribution in [3.8, 4) is 0 Å². The van der Waals surface area contributed by atoms with E-state index in [1.807, 2.05) is 0 Å². The Bertz CT molecular complexity index is 367. The predicted molar refractivity (Wildman–Crippen MR) is 69.4 cm³/mol. The highest BCUT2D eigenvalue weighted by Gasteiger charge is 2.17. The maximum atomic E-state index is 4.37. The molecule has 2 aliphatic rings. The third-order valence-corrected chi connectivity index (χ3v) is 3.79. The highest BCUT2D eigenvalue weighted by Crippen LogP contribution is 2.23. The minimum Gasteiger partial charge on any atom is -0.367 e. The van der Waals surface area contributed by atoms with Crippen molar-refractivity contribution in [3.05, 3.63) is 12.4 Å². The van der Waals surface area contributed by atoms with Crippen molar-refractivity contribution in [2.24, 2.45) is 0 Å². The molecule has 1 saturated heterocycles. The highest BCUT2D eigenvalue weighted by atomic mass is 15.2. The lowest BCUT2D eigenvalue weighted by atomic mass is 10.2. The van der Waals surface area contributed by atoms with Crippen LogP contribution in [0.4, 0.5) is 11.6 Å². The minimum atomic E-state index is 0.622. The first-order chi connectivity index (χ1) is 8.42. The van der Waals surface area contributed by atoms with Gasteiger partial charge >= 0.3 is 0 Å². The zero-order valence-corrected chi connectivity index (χ0v) is 10.2. The lowest BCUT2D eigenvalue weighted by Gasteiger charge is -2.18. The summed E-state index contributed by atoms with van der Waals surface area (Å²) in [4.78, 5) is 11.0. The van der Waals surface area contributed by atoms with Crippen LogP contribution in [0.1, 0.15) is 38.5 Å². The standard InChI is InChI=1S/C13H20N4/c1-2-6-11(5-1)16-12-9-13(15-10-14-12)17-7-3-4-8-17/h9-11H,1-8H2,(H,14,15,16). The molecule has 0 aromatic carbocycles. The molecule has 4 nitrogen and oxygen atoms in total. The summed E-state index contributed by atoms with van der Waals surface area (Å²) in [6, 6.07) is 2.72. The molecular weight excluding hydrogens is 212 g/mol. The number of hydrogen-bond donors (Lipinski definition) is 1. The van der Waals surface area contributed by atoms with Crippen LogP contribution in [0.15, 0.2) is 12.4 Å². The Morgan fingerprint density at radius 1 is 1.06 bits per heavy atom. The Hall–Kier alpha value is -1.32. The maximum Gasteiger partial charge on any atom is 0.134 e. The summed E-state index contributed by atoms with van der Waals surface area (Å²) in [6.45, 7) is 2.28. The molecule has 2 heterocycles. The number of rotatable bonds is 3. The number of nitrogens with one attached hydrogen (secondary N) is 1. The molecular formula is C13H20N4. The quantitative estimate of drug-likeness (QED) is 0.869. The number of hydrogen-bond acceptors (Lipinski definition) is 4. The third-order valence-electron chi connectivity index (χ3n) is 3.79. The van der Waals surface area contributed by atoms with Crippen LogP contribution in [0.3, 0.4) is 0 Å². The number of aromatic nitrogens is 2. The molecule has 0 atom stereocenters. The van der Waals surface area contributed by atoms with Crippen LogP contribution in [-0.4, -0.2) is 29.1 Å². The molecule has 0 unspecified atom stereocenters. The molecule has 1 aromatic heterocycles. The van der Waals surface area contributed by atoms with Gasteiger partial charge in [0.15, 0.2) is 0 Å². The predicted octanol–water partition coefficient (Wildman–Crippen LogP) is 2.43. The van der Waals surface area contributed by atoms with E-state index in [2.05, 4.69) is 26.3 Å². The fourth-order valence-corrected chi connectivity index (χ4v) is 2.82. The summed E-state index contributed by atoms with van der Waals surface area (Å²) < 4.78 is 0. The van der Waals surface area contributed by atoms with Gasteiger partial charge in [-0.25, -0.2) is 9.97 Å². The second kappa shape index (κ2) is 4.90. The van der Waals surface area contributed by atoms with Crippen molar-refractivity contribution in [3.63, 3.8) is 0 Å². The second-order valence-electron chi connectivity index (χ2n) is 5.08. The molecule has 1 aliphatic heterocycles. The molecule has 2 fully saturated rings. The highest BCUT2D eigenvalue weighted by molar-refractivity contribution is 5.49. The first-order valence-corrected chi connectivity index (χ1v) is 6.75. The van der Waals surface area contributed by atoms with Crippen molar-refractivity contribution in [2.75, 3.05) is 23.3 Å². The van der Waals surface area contributed by atoms with Gasteiger partial charge in [0.1, 0.15) is 18.0 Å². The van der Waals surface area contributed by atoms with Crippen LogP contribution in [-0.2, 0) is 0 Å². The fraction of sp³-hybridized carbons (Fsp3) is 0.692. The van der Waals surface area contributed by atoms with E-state index in [9.17, 15) is 0 Å². The molecule has 4 heteroatoms. The zero-order valence-electron chi connectivity index (χ0n) is 10.2. The van der Waals surface area contributed by atoms with Crippen LogP contribution < -0.4 is 10.2 Å². The Morgan fingerprint density at radius 2 is 1.82 bits per heavy atom. The Morgan fingerprint density at radius 3 is 2.59 bits per heavy atom. The van der Waals surface area contributed by atoms with Gasteiger partial charge in [-0.3, -0.25) is 0 Å². The van der Waals surface area contributed by atoms with Gasteiger partial charge in [0, 0.05) is 25.2 Å². The summed E-state index contributed by atoms with van der Waals surface area (Å²) in [7, 11) is 0. The lowest BCUT2D eigenvalue weighted by molar-refractivity contribution is 0.749. The average molecular weight is 232 g/mol. The summed E-state index contributed by atoms with van der Waals surface area (Å²) in [5, 5.41) is 3.53. The van der Waals surface area contributed by atoms with Gasteiger partial charge in [-0.15, -0.1) is 0 Å². The molecule has 1 saturated carbocycles. The fourth-order valence-electron chi connectivity index (χ4n) is 2.82. The average Bonchev–Trinajstić information content (AvgIpc) is 3.01. The van der Waals surface area contributed by atoms with E-state index in [4.69, 9.17) is 0 Å². The van der Waals surface area contributed by atoms with E-state index in [-0.39, 0.29) is 0 Å². The van der Waals surface area contributed by atoms with Gasteiger partial charge in [0.05, 0.1) is 0 Å². The van der Waals surface area contributed by atoms with Gasteiger partial charge in [-0.1, -0.05) is 12.8 Å². The molecule has 1 aromatic rings. The molecule has 1 N–H and O–H groups in total. The van der Waals surface area contributed by atoms with E-state index in [0.717, 1.165) is 24.7 Å². The maximum absolute atomic E-state index is 4.37. The van der Waals surface area contributed by atoms with Gasteiger partial charge < -0.3 is 10.2 Å². The normalized spacial score (nSPS) is 21.1. The minimum absolute atomic E-state index is 0.622. The summed E-state index contributed by atoms with van der Waals surface area (Å²) in [6.07, 6.45) is 9.52. The third kappa shape index (κ3) is 2.51. The van der Waals surface area contributed by atoms with Crippen molar-refractivity contribution in [2.45, 2.75) is 44.6 Å². The zero-order chi connectivity index (χ0) is 11.5. The van der Waals surface area contributed by atoms with E-state index >= 15 is 0 Å². The molecule has 0 spiro atoms. The van der Waals surface area contributed by atoms with Crippen LogP contribution in [0.2, 0.25) is 0 Å². The van der Waals surface area contributed by atoms with Crippen molar-refractivity contribution < 1.29 is 0 Å². The molecule has 0 amide bonds. The molecule has 3 rings (SSSR count). The van der Waals surface area contributed by atoms with Crippen molar-refractivity contribution >= 4 is 11.6 Å². The van der Waals surface area contributed by atoms with Gasteiger partial charge in [-0.05, 0) is 25.7 Å². The number of anilines is 2. The largest absolute Gasteiger partial charge is 0.367 e. The van der Waals surface area contributed by atoms with E-state index in [0.29, 0.717) is 6.04 Å². The lowest BCUT2D eigenvalue weighted by Crippen LogP contribution is -2.20. The van der Waals surface area contributed by atoms with Gasteiger partial charge in [0.2, 0.25) is 0 Å². The summed E-state index contributed by atoms with van der Waals surface area (Å²) in [5.74, 6) is 2.08. The van der Waals surface area contributed by atoms with Gasteiger partial charge in [0.25, 0.3) is 0 Å². The SMILES string of the molecule is c1nc(NC2CCCC2)cc(N2CCCC2)n1. The Kier molecular flexibility index (Phi) is 3.12. The van der Waals surface area contributed by atoms with Crippen LogP contribution in [0.5, 0.6) is 0 Å². The number of nitrogens with zero attached hydrogens (tertiary/aromatic N) is 3. The second-order valence-corrected chi connectivity index (χ2v) is 5.08. The monoisotopic (exact) mass is 232 g/mol. The first kappa shape index (κ1) is 10.8. The van der Waals surface area contributed by atoms with Crippen molar-refractivity contribution in [1.82, 2.24) is 9.97 Å². The van der Waals surface area contributed by atoms with Crippen molar-refractivity contribution in [1.29, 1.82) is 0 Å². The van der Waals surface area contributed by atoms with Crippen LogP contribution in [0.25, 0.3) is 0 Å². The molecule has 92 valence electrons. The first-order valence-electron chi connectivity index (χ1n) is 6.75. The van der Waals surface area contributed by atoms with E-state index in [1.54, 1.807) is 6.33 Å².